The monoisotopic (exact) mass is 297 g/mol. The average molecular weight is 298 g/mol. The molecule has 0 bridgehead atoms. The highest BCUT2D eigenvalue weighted by molar-refractivity contribution is 6.31. The van der Waals surface area contributed by atoms with Gasteiger partial charge >= 0.3 is 6.03 Å². The molecule has 0 saturated heterocycles. The zero-order valence-corrected chi connectivity index (χ0v) is 12.3. The molecule has 0 aliphatic heterocycles. The fourth-order valence-corrected chi connectivity index (χ4v) is 1.87. The minimum absolute atomic E-state index is 0.0345. The van der Waals surface area contributed by atoms with Gasteiger partial charge in [-0.3, -0.25) is 4.79 Å². The van der Waals surface area contributed by atoms with E-state index >= 15 is 0 Å². The molecule has 0 fully saturated rings. The Hall–Kier alpha value is -1.75. The number of benzene rings is 1. The van der Waals surface area contributed by atoms with Gasteiger partial charge in [-0.1, -0.05) is 24.1 Å². The third kappa shape index (κ3) is 6.43. The van der Waals surface area contributed by atoms with Crippen LogP contribution in [-0.4, -0.2) is 18.5 Å². The fraction of sp³-hybridized carbons (Fsp3) is 0.429. The third-order valence-corrected chi connectivity index (χ3v) is 3.24. The maximum atomic E-state index is 11.7. The third-order valence-electron chi connectivity index (χ3n) is 2.84. The number of nitrogens with two attached hydrogens (primary N) is 1. The van der Waals surface area contributed by atoms with E-state index in [9.17, 15) is 9.59 Å². The number of halogens is 1. The lowest BCUT2D eigenvalue weighted by molar-refractivity contribution is -0.116. The van der Waals surface area contributed by atoms with Crippen molar-refractivity contribution in [2.75, 3.05) is 11.9 Å². The van der Waals surface area contributed by atoms with Crippen molar-refractivity contribution in [1.29, 1.82) is 0 Å². The van der Waals surface area contributed by atoms with Crippen molar-refractivity contribution < 1.29 is 9.59 Å². The van der Waals surface area contributed by atoms with Gasteiger partial charge in [-0.2, -0.15) is 0 Å². The molecule has 0 aliphatic rings. The summed E-state index contributed by atoms with van der Waals surface area (Å²) in [6.07, 6.45) is 2.89. The van der Waals surface area contributed by atoms with Crippen LogP contribution >= 0.6 is 11.6 Å². The number of aryl methyl sites for hydroxylation is 1. The first-order valence-electron chi connectivity index (χ1n) is 6.58. The number of urea groups is 1. The lowest BCUT2D eigenvalue weighted by Crippen LogP contribution is -2.29. The molecule has 110 valence electrons. The van der Waals surface area contributed by atoms with Crippen LogP contribution in [0.5, 0.6) is 0 Å². The summed E-state index contributed by atoms with van der Waals surface area (Å²) < 4.78 is 0. The van der Waals surface area contributed by atoms with Crippen LogP contribution in [0.3, 0.4) is 0 Å². The lowest BCUT2D eigenvalue weighted by atomic mass is 10.1. The number of amides is 3. The van der Waals surface area contributed by atoms with E-state index in [0.717, 1.165) is 24.8 Å². The number of carbonyl (C=O) groups is 2. The van der Waals surface area contributed by atoms with Crippen molar-refractivity contribution >= 4 is 29.2 Å². The molecule has 3 amide bonds. The minimum atomic E-state index is -0.515. The van der Waals surface area contributed by atoms with Crippen molar-refractivity contribution in [3.05, 3.63) is 28.8 Å². The minimum Gasteiger partial charge on any atom is -0.352 e. The summed E-state index contributed by atoms with van der Waals surface area (Å²) in [7, 11) is 0. The van der Waals surface area contributed by atoms with Crippen LogP contribution in [0.15, 0.2) is 18.2 Å². The fourth-order valence-electron chi connectivity index (χ4n) is 1.69. The molecule has 0 aliphatic carbocycles. The van der Waals surface area contributed by atoms with Gasteiger partial charge in [-0.05, 0) is 37.5 Å². The summed E-state index contributed by atoms with van der Waals surface area (Å²) in [5.41, 5.74) is 6.63. The van der Waals surface area contributed by atoms with E-state index in [1.165, 1.54) is 0 Å². The molecular formula is C14H20ClN3O2. The first-order chi connectivity index (χ1) is 9.49. The van der Waals surface area contributed by atoms with Crippen LogP contribution in [0, 0.1) is 6.92 Å². The molecule has 0 unspecified atom stereocenters. The normalized spacial score (nSPS) is 10.1. The van der Waals surface area contributed by atoms with Gasteiger partial charge in [0.25, 0.3) is 0 Å². The molecule has 0 atom stereocenters. The van der Waals surface area contributed by atoms with Crippen LogP contribution in [0.2, 0.25) is 5.02 Å². The van der Waals surface area contributed by atoms with Crippen molar-refractivity contribution in [1.82, 2.24) is 5.32 Å². The highest BCUT2D eigenvalue weighted by Gasteiger charge is 2.04. The Kier molecular flexibility index (Phi) is 6.87. The van der Waals surface area contributed by atoms with E-state index in [1.54, 1.807) is 6.07 Å². The highest BCUT2D eigenvalue weighted by Crippen LogP contribution is 2.20. The number of primary amides is 1. The molecule has 0 aromatic heterocycles. The van der Waals surface area contributed by atoms with E-state index < -0.39 is 6.03 Å². The standard InChI is InChI=1S/C14H20ClN3O2/c1-10-6-7-11(9-12(10)15)18-13(19)5-3-2-4-8-17-14(16)20/h6-7,9H,2-5,8H2,1H3,(H,18,19)(H3,16,17,20). The van der Waals surface area contributed by atoms with Gasteiger partial charge in [0.15, 0.2) is 0 Å². The molecule has 0 spiro atoms. The van der Waals surface area contributed by atoms with Gasteiger partial charge in [0.1, 0.15) is 0 Å². The zero-order valence-electron chi connectivity index (χ0n) is 11.5. The molecule has 0 saturated carbocycles. The van der Waals surface area contributed by atoms with Gasteiger partial charge in [-0.15, -0.1) is 0 Å². The number of anilines is 1. The first kappa shape index (κ1) is 16.3. The second kappa shape index (κ2) is 8.43. The van der Waals surface area contributed by atoms with Crippen LogP contribution in [0.4, 0.5) is 10.5 Å². The van der Waals surface area contributed by atoms with Crippen molar-refractivity contribution in [2.24, 2.45) is 5.73 Å². The largest absolute Gasteiger partial charge is 0.352 e. The summed E-state index contributed by atoms with van der Waals surface area (Å²) in [5.74, 6) is -0.0345. The Balaban J connectivity index is 2.20. The van der Waals surface area contributed by atoms with Crippen LogP contribution < -0.4 is 16.4 Å². The summed E-state index contributed by atoms with van der Waals surface area (Å²) >= 11 is 5.99. The number of hydrogen-bond acceptors (Lipinski definition) is 2. The van der Waals surface area contributed by atoms with Crippen molar-refractivity contribution in [3.8, 4) is 0 Å². The molecule has 1 rings (SSSR count). The second-order valence-corrected chi connectivity index (χ2v) is 5.02. The Morgan fingerprint density at radius 3 is 2.65 bits per heavy atom. The topological polar surface area (TPSA) is 84.2 Å². The Bertz CT molecular complexity index is 477. The molecule has 20 heavy (non-hydrogen) atoms. The predicted molar refractivity (Wildman–Crippen MR) is 80.9 cm³/mol. The second-order valence-electron chi connectivity index (χ2n) is 4.61. The van der Waals surface area contributed by atoms with E-state index in [0.29, 0.717) is 23.7 Å². The highest BCUT2D eigenvalue weighted by atomic mass is 35.5. The quantitative estimate of drug-likeness (QED) is 0.676. The first-order valence-corrected chi connectivity index (χ1v) is 6.96. The van der Waals surface area contributed by atoms with Crippen LogP contribution in [-0.2, 0) is 4.79 Å². The predicted octanol–water partition coefficient (Wildman–Crippen LogP) is 2.82. The van der Waals surface area contributed by atoms with Gasteiger partial charge in [0.05, 0.1) is 0 Å². The SMILES string of the molecule is Cc1ccc(NC(=O)CCCCCNC(N)=O)cc1Cl. The van der Waals surface area contributed by atoms with Gasteiger partial charge in [0.2, 0.25) is 5.91 Å². The molecule has 0 heterocycles. The van der Waals surface area contributed by atoms with Crippen molar-refractivity contribution in [3.63, 3.8) is 0 Å². The summed E-state index contributed by atoms with van der Waals surface area (Å²) in [5, 5.41) is 5.95. The molecule has 1 aromatic carbocycles. The summed E-state index contributed by atoms with van der Waals surface area (Å²) in [6, 6.07) is 4.92. The lowest BCUT2D eigenvalue weighted by Gasteiger charge is -2.07. The molecule has 5 nitrogen and oxygen atoms in total. The number of nitrogens with one attached hydrogen (secondary N) is 2. The molecule has 0 radical (unpaired) electrons. The number of carbonyl (C=O) groups excluding carboxylic acids is 2. The van der Waals surface area contributed by atoms with Crippen molar-refractivity contribution in [2.45, 2.75) is 32.6 Å². The molecule has 6 heteroatoms. The Morgan fingerprint density at radius 2 is 2.00 bits per heavy atom. The van der Waals surface area contributed by atoms with Gasteiger partial charge in [-0.25, -0.2) is 4.79 Å². The average Bonchev–Trinajstić information content (AvgIpc) is 2.38. The van der Waals surface area contributed by atoms with E-state index in [1.807, 2.05) is 19.1 Å². The molecule has 1 aromatic rings. The summed E-state index contributed by atoms with van der Waals surface area (Å²) in [4.78, 5) is 22.1. The number of hydrogen-bond donors (Lipinski definition) is 3. The Labute approximate surface area is 123 Å². The van der Waals surface area contributed by atoms with Crippen LogP contribution in [0.1, 0.15) is 31.2 Å². The number of unbranched alkanes of at least 4 members (excludes halogenated alkanes) is 2. The van der Waals surface area contributed by atoms with Gasteiger partial charge in [0, 0.05) is 23.7 Å². The van der Waals surface area contributed by atoms with Crippen LogP contribution in [0.25, 0.3) is 0 Å². The zero-order chi connectivity index (χ0) is 15.0. The molecule has 4 N–H and O–H groups in total. The summed E-state index contributed by atoms with van der Waals surface area (Å²) in [6.45, 7) is 2.46. The van der Waals surface area contributed by atoms with E-state index in [-0.39, 0.29) is 5.91 Å². The smallest absolute Gasteiger partial charge is 0.312 e. The maximum Gasteiger partial charge on any atom is 0.312 e. The van der Waals surface area contributed by atoms with E-state index in [4.69, 9.17) is 17.3 Å². The maximum absolute atomic E-state index is 11.7. The molecular weight excluding hydrogens is 278 g/mol. The van der Waals surface area contributed by atoms with Gasteiger partial charge < -0.3 is 16.4 Å². The Morgan fingerprint density at radius 1 is 1.25 bits per heavy atom. The number of rotatable bonds is 7. The van der Waals surface area contributed by atoms with E-state index in [2.05, 4.69) is 10.6 Å².